The second kappa shape index (κ2) is 21.1. The highest BCUT2D eigenvalue weighted by Crippen LogP contribution is 1.82. The third kappa shape index (κ3) is 25.8. The van der Waals surface area contributed by atoms with Crippen molar-refractivity contribution in [1.82, 2.24) is 10.9 Å². The SMILES string of the molecule is CCCCNNCCCC.OCCOCCO. The summed E-state index contributed by atoms with van der Waals surface area (Å²) in [7, 11) is 0. The Morgan fingerprint density at radius 2 is 1.24 bits per heavy atom. The summed E-state index contributed by atoms with van der Waals surface area (Å²) in [5.74, 6) is 0. The summed E-state index contributed by atoms with van der Waals surface area (Å²) < 4.78 is 4.63. The minimum Gasteiger partial charge on any atom is -0.394 e. The molecule has 0 aromatic carbocycles. The molecule has 0 saturated carbocycles. The van der Waals surface area contributed by atoms with Gasteiger partial charge < -0.3 is 14.9 Å². The molecule has 0 unspecified atom stereocenters. The van der Waals surface area contributed by atoms with E-state index in [1.54, 1.807) is 0 Å². The van der Waals surface area contributed by atoms with Gasteiger partial charge in [0.1, 0.15) is 0 Å². The van der Waals surface area contributed by atoms with Gasteiger partial charge in [0.2, 0.25) is 0 Å². The highest BCUT2D eigenvalue weighted by Gasteiger charge is 1.83. The lowest BCUT2D eigenvalue weighted by molar-refractivity contribution is 0.0650. The van der Waals surface area contributed by atoms with Crippen molar-refractivity contribution >= 4 is 0 Å². The Morgan fingerprint density at radius 3 is 1.53 bits per heavy atom. The zero-order chi connectivity index (χ0) is 13.2. The smallest absolute Gasteiger partial charge is 0.0698 e. The van der Waals surface area contributed by atoms with E-state index in [4.69, 9.17) is 10.2 Å². The molecule has 5 nitrogen and oxygen atoms in total. The van der Waals surface area contributed by atoms with Crippen LogP contribution in [0.4, 0.5) is 0 Å². The average Bonchev–Trinajstić information content (AvgIpc) is 2.35. The van der Waals surface area contributed by atoms with E-state index in [1.807, 2.05) is 0 Å². The fraction of sp³-hybridized carbons (Fsp3) is 1.00. The number of unbranched alkanes of at least 4 members (excludes halogenated alkanes) is 2. The Balaban J connectivity index is 0. The molecule has 0 bridgehead atoms. The maximum atomic E-state index is 8.09. The predicted molar refractivity (Wildman–Crippen MR) is 70.8 cm³/mol. The third-order valence-electron chi connectivity index (χ3n) is 1.91. The summed E-state index contributed by atoms with van der Waals surface area (Å²) in [5.41, 5.74) is 6.34. The first-order valence-corrected chi connectivity index (χ1v) is 6.58. The third-order valence-corrected chi connectivity index (χ3v) is 1.91. The number of ether oxygens (including phenoxy) is 1. The van der Waals surface area contributed by atoms with E-state index >= 15 is 0 Å². The lowest BCUT2D eigenvalue weighted by atomic mass is 10.3. The Labute approximate surface area is 106 Å². The van der Waals surface area contributed by atoms with Gasteiger partial charge in [-0.15, -0.1) is 0 Å². The van der Waals surface area contributed by atoms with Crippen LogP contribution in [-0.4, -0.2) is 49.7 Å². The van der Waals surface area contributed by atoms with Crippen LogP contribution in [0.25, 0.3) is 0 Å². The molecule has 5 heteroatoms. The minimum atomic E-state index is 0.0278. The first-order chi connectivity index (χ1) is 8.33. The van der Waals surface area contributed by atoms with Gasteiger partial charge in [-0.1, -0.05) is 26.7 Å². The Morgan fingerprint density at radius 1 is 0.824 bits per heavy atom. The van der Waals surface area contributed by atoms with E-state index in [0.29, 0.717) is 13.2 Å². The van der Waals surface area contributed by atoms with Crippen LogP contribution in [-0.2, 0) is 4.74 Å². The summed E-state index contributed by atoms with van der Waals surface area (Å²) in [4.78, 5) is 0. The largest absolute Gasteiger partial charge is 0.394 e. The number of hydrogen-bond acceptors (Lipinski definition) is 5. The maximum absolute atomic E-state index is 8.09. The molecule has 4 N–H and O–H groups in total. The molecule has 0 aromatic rings. The van der Waals surface area contributed by atoms with Crippen molar-refractivity contribution in [2.75, 3.05) is 39.5 Å². The lowest BCUT2D eigenvalue weighted by Gasteiger charge is -2.03. The van der Waals surface area contributed by atoms with Crippen molar-refractivity contribution in [3.8, 4) is 0 Å². The summed E-state index contributed by atoms with van der Waals surface area (Å²) in [5, 5.41) is 16.2. The molecular weight excluding hydrogens is 220 g/mol. The van der Waals surface area contributed by atoms with Crippen molar-refractivity contribution in [1.29, 1.82) is 0 Å². The molecule has 0 aliphatic heterocycles. The number of aliphatic hydroxyl groups is 2. The van der Waals surface area contributed by atoms with Gasteiger partial charge in [-0.3, -0.25) is 10.9 Å². The van der Waals surface area contributed by atoms with Crippen molar-refractivity contribution < 1.29 is 14.9 Å². The number of nitrogens with one attached hydrogen (secondary N) is 2. The van der Waals surface area contributed by atoms with E-state index < -0.39 is 0 Å². The van der Waals surface area contributed by atoms with E-state index in [0.717, 1.165) is 13.1 Å². The fourth-order valence-electron chi connectivity index (χ4n) is 0.938. The van der Waals surface area contributed by atoms with Crippen molar-refractivity contribution in [3.05, 3.63) is 0 Å². The molecule has 0 atom stereocenters. The quantitative estimate of drug-likeness (QED) is 0.320. The van der Waals surface area contributed by atoms with E-state index in [2.05, 4.69) is 29.4 Å². The Hall–Kier alpha value is -0.200. The fourth-order valence-corrected chi connectivity index (χ4v) is 0.938. The summed E-state index contributed by atoms with van der Waals surface area (Å²) >= 11 is 0. The molecule has 0 fully saturated rings. The zero-order valence-corrected chi connectivity index (χ0v) is 11.4. The summed E-state index contributed by atoms with van der Waals surface area (Å²) in [6, 6.07) is 0. The van der Waals surface area contributed by atoms with Crippen LogP contribution in [0.5, 0.6) is 0 Å². The van der Waals surface area contributed by atoms with E-state index in [-0.39, 0.29) is 13.2 Å². The normalized spacial score (nSPS) is 9.88. The minimum absolute atomic E-state index is 0.0278. The average molecular weight is 250 g/mol. The molecular formula is C12H30N2O3. The van der Waals surface area contributed by atoms with Gasteiger partial charge in [0, 0.05) is 13.1 Å². The molecule has 17 heavy (non-hydrogen) atoms. The first-order valence-electron chi connectivity index (χ1n) is 6.58. The molecule has 106 valence electrons. The molecule has 0 spiro atoms. The molecule has 0 aromatic heterocycles. The second-order valence-corrected chi connectivity index (χ2v) is 3.62. The summed E-state index contributed by atoms with van der Waals surface area (Å²) in [6.45, 7) is 7.29. The second-order valence-electron chi connectivity index (χ2n) is 3.62. The van der Waals surface area contributed by atoms with Gasteiger partial charge in [-0.25, -0.2) is 0 Å². The number of aliphatic hydroxyl groups excluding tert-OH is 2. The van der Waals surface area contributed by atoms with Crippen LogP contribution in [0.1, 0.15) is 39.5 Å². The van der Waals surface area contributed by atoms with Crippen LogP contribution in [0.15, 0.2) is 0 Å². The molecule has 0 rings (SSSR count). The zero-order valence-electron chi connectivity index (χ0n) is 11.4. The van der Waals surface area contributed by atoms with Gasteiger partial charge in [-0.2, -0.15) is 0 Å². The van der Waals surface area contributed by atoms with Crippen LogP contribution in [0.3, 0.4) is 0 Å². The molecule has 0 aliphatic carbocycles. The Kier molecular flexibility index (Phi) is 23.8. The summed E-state index contributed by atoms with van der Waals surface area (Å²) in [6.07, 6.45) is 5.06. The van der Waals surface area contributed by atoms with Gasteiger partial charge in [0.25, 0.3) is 0 Å². The molecule has 0 amide bonds. The molecule has 0 aliphatic rings. The lowest BCUT2D eigenvalue weighted by Crippen LogP contribution is -2.33. The Bertz CT molecular complexity index is 104. The monoisotopic (exact) mass is 250 g/mol. The number of hydrogen-bond donors (Lipinski definition) is 4. The topological polar surface area (TPSA) is 73.8 Å². The van der Waals surface area contributed by atoms with Crippen LogP contribution >= 0.6 is 0 Å². The highest BCUT2D eigenvalue weighted by atomic mass is 16.5. The maximum Gasteiger partial charge on any atom is 0.0698 e. The van der Waals surface area contributed by atoms with Gasteiger partial charge in [-0.05, 0) is 12.8 Å². The van der Waals surface area contributed by atoms with Crippen LogP contribution in [0.2, 0.25) is 0 Å². The van der Waals surface area contributed by atoms with Gasteiger partial charge in [0.15, 0.2) is 0 Å². The van der Waals surface area contributed by atoms with Crippen molar-refractivity contribution in [2.45, 2.75) is 39.5 Å². The number of rotatable bonds is 11. The molecule has 0 saturated heterocycles. The molecule has 0 heterocycles. The van der Waals surface area contributed by atoms with Crippen LogP contribution < -0.4 is 10.9 Å². The van der Waals surface area contributed by atoms with E-state index in [1.165, 1.54) is 25.7 Å². The van der Waals surface area contributed by atoms with Crippen molar-refractivity contribution in [2.24, 2.45) is 0 Å². The van der Waals surface area contributed by atoms with Gasteiger partial charge in [0.05, 0.1) is 26.4 Å². The van der Waals surface area contributed by atoms with Gasteiger partial charge >= 0.3 is 0 Å². The van der Waals surface area contributed by atoms with Crippen LogP contribution in [0, 0.1) is 0 Å². The molecule has 0 radical (unpaired) electrons. The standard InChI is InChI=1S/C8H20N2.C4H10O3/c1-3-5-7-9-10-8-6-4-2;5-1-3-7-4-2-6/h9-10H,3-8H2,1-2H3;5-6H,1-4H2. The highest BCUT2D eigenvalue weighted by molar-refractivity contribution is 4.42. The number of hydrazine groups is 1. The van der Waals surface area contributed by atoms with E-state index in [9.17, 15) is 0 Å². The predicted octanol–water partition coefficient (Wildman–Crippen LogP) is 0.668. The van der Waals surface area contributed by atoms with Crippen molar-refractivity contribution in [3.63, 3.8) is 0 Å². The first kappa shape index (κ1) is 19.1.